The predicted octanol–water partition coefficient (Wildman–Crippen LogP) is 5.70. The molecular formula is C20H42O2. The third-order valence-corrected chi connectivity index (χ3v) is 4.63. The molecule has 0 aromatic rings. The van der Waals surface area contributed by atoms with Crippen molar-refractivity contribution in [3.8, 4) is 0 Å². The molecule has 0 aliphatic heterocycles. The van der Waals surface area contributed by atoms with Crippen LogP contribution in [0.2, 0.25) is 0 Å². The summed E-state index contributed by atoms with van der Waals surface area (Å²) in [6, 6.07) is 0. The topological polar surface area (TPSA) is 40.5 Å². The minimum atomic E-state index is -0.0428. The highest BCUT2D eigenvalue weighted by molar-refractivity contribution is 4.82. The zero-order valence-corrected chi connectivity index (χ0v) is 15.7. The first-order chi connectivity index (χ1) is 10.4. The molecule has 1 fully saturated rings. The molecule has 0 aromatic heterocycles. The Kier molecular flexibility index (Phi) is 13.3. The van der Waals surface area contributed by atoms with E-state index in [2.05, 4.69) is 27.7 Å². The molecule has 2 N–H and O–H groups in total. The number of hydrogen-bond donors (Lipinski definition) is 2. The van der Waals surface area contributed by atoms with Gasteiger partial charge in [-0.25, -0.2) is 0 Å². The molecule has 22 heavy (non-hydrogen) atoms. The van der Waals surface area contributed by atoms with Gasteiger partial charge in [-0.15, -0.1) is 0 Å². The van der Waals surface area contributed by atoms with Crippen LogP contribution in [0.3, 0.4) is 0 Å². The van der Waals surface area contributed by atoms with Crippen molar-refractivity contribution < 1.29 is 10.2 Å². The van der Waals surface area contributed by atoms with Crippen LogP contribution in [0.5, 0.6) is 0 Å². The summed E-state index contributed by atoms with van der Waals surface area (Å²) in [5.41, 5.74) is 0.372. The highest BCUT2D eigenvalue weighted by Crippen LogP contribution is 2.38. The summed E-state index contributed by atoms with van der Waals surface area (Å²) in [6.07, 6.45) is 15.1. The average Bonchev–Trinajstić information content (AvgIpc) is 2.40. The number of hydrogen-bond acceptors (Lipinski definition) is 2. The molecule has 134 valence electrons. The van der Waals surface area contributed by atoms with Crippen LogP contribution in [-0.4, -0.2) is 22.9 Å². The maximum absolute atomic E-state index is 9.42. The van der Waals surface area contributed by atoms with E-state index in [1.807, 2.05) is 0 Å². The van der Waals surface area contributed by atoms with E-state index in [9.17, 15) is 5.11 Å². The maximum atomic E-state index is 9.42. The Hall–Kier alpha value is -0.0800. The minimum Gasteiger partial charge on any atom is -0.396 e. The molecule has 0 saturated heterocycles. The van der Waals surface area contributed by atoms with E-state index in [4.69, 9.17) is 5.11 Å². The van der Waals surface area contributed by atoms with Gasteiger partial charge in [0, 0.05) is 6.61 Å². The Bertz CT molecular complexity index is 216. The predicted molar refractivity (Wildman–Crippen MR) is 97.1 cm³/mol. The van der Waals surface area contributed by atoms with Gasteiger partial charge in [-0.2, -0.15) is 0 Å². The van der Waals surface area contributed by atoms with Crippen molar-refractivity contribution in [2.45, 2.75) is 111 Å². The molecule has 1 aliphatic carbocycles. The smallest absolute Gasteiger partial charge is 0.0547 e. The van der Waals surface area contributed by atoms with Gasteiger partial charge in [0.1, 0.15) is 0 Å². The molecule has 2 nitrogen and oxygen atoms in total. The van der Waals surface area contributed by atoms with Crippen LogP contribution in [0, 0.1) is 11.3 Å². The number of aliphatic hydroxyl groups is 2. The van der Waals surface area contributed by atoms with E-state index >= 15 is 0 Å². The van der Waals surface area contributed by atoms with Gasteiger partial charge in [0.15, 0.2) is 0 Å². The second-order valence-corrected chi connectivity index (χ2v) is 8.12. The van der Waals surface area contributed by atoms with Gasteiger partial charge in [0.05, 0.1) is 6.10 Å². The van der Waals surface area contributed by atoms with Crippen LogP contribution >= 0.6 is 0 Å². The lowest BCUT2D eigenvalue weighted by Crippen LogP contribution is -2.30. The molecule has 2 heteroatoms. The molecular weight excluding hydrogens is 272 g/mol. The van der Waals surface area contributed by atoms with Crippen molar-refractivity contribution in [2.75, 3.05) is 6.61 Å². The van der Waals surface area contributed by atoms with Gasteiger partial charge >= 0.3 is 0 Å². The van der Waals surface area contributed by atoms with Gasteiger partial charge in [-0.3, -0.25) is 0 Å². The van der Waals surface area contributed by atoms with Gasteiger partial charge in [-0.1, -0.05) is 79.1 Å². The summed E-state index contributed by atoms with van der Waals surface area (Å²) >= 11 is 0. The maximum Gasteiger partial charge on any atom is 0.0547 e. The quantitative estimate of drug-likeness (QED) is 0.536. The fourth-order valence-electron chi connectivity index (χ4n) is 3.72. The zero-order valence-electron chi connectivity index (χ0n) is 15.7. The van der Waals surface area contributed by atoms with Crippen LogP contribution in [0.1, 0.15) is 105 Å². The lowest BCUT2D eigenvalue weighted by molar-refractivity contribution is 0.0394. The molecule has 0 amide bonds. The molecule has 1 aliphatic rings. The van der Waals surface area contributed by atoms with Crippen molar-refractivity contribution >= 4 is 0 Å². The fraction of sp³-hybridized carbons (Fsp3) is 1.00. The number of aliphatic hydroxyl groups excluding tert-OH is 2. The Morgan fingerprint density at radius 1 is 0.864 bits per heavy atom. The lowest BCUT2D eigenvalue weighted by Gasteiger charge is -2.36. The third kappa shape index (κ3) is 13.6. The van der Waals surface area contributed by atoms with E-state index in [1.165, 1.54) is 57.8 Å². The molecule has 0 bridgehead atoms. The normalized spacial score (nSPS) is 23.7. The molecule has 2 atom stereocenters. The van der Waals surface area contributed by atoms with Gasteiger partial charge < -0.3 is 10.2 Å². The molecule has 0 spiro atoms. The average molecular weight is 315 g/mol. The first-order valence-electron chi connectivity index (χ1n) is 9.70. The van der Waals surface area contributed by atoms with E-state index in [0.29, 0.717) is 17.9 Å². The Labute approximate surface area is 139 Å². The zero-order chi connectivity index (χ0) is 16.8. The van der Waals surface area contributed by atoms with Crippen LogP contribution in [-0.2, 0) is 0 Å². The van der Waals surface area contributed by atoms with E-state index in [-0.39, 0.29) is 6.10 Å². The van der Waals surface area contributed by atoms with Crippen molar-refractivity contribution in [3.63, 3.8) is 0 Å². The Morgan fingerprint density at radius 3 is 1.77 bits per heavy atom. The number of unbranched alkanes of at least 4 members (excludes halogenated alkanes) is 8. The summed E-state index contributed by atoms with van der Waals surface area (Å²) in [5.74, 6) is 0.707. The Balaban J connectivity index is 0.000000406. The largest absolute Gasteiger partial charge is 0.396 e. The molecule has 1 saturated carbocycles. The third-order valence-electron chi connectivity index (χ3n) is 4.63. The summed E-state index contributed by atoms with van der Waals surface area (Å²) in [4.78, 5) is 0. The minimum absolute atomic E-state index is 0.0428. The van der Waals surface area contributed by atoms with Crippen LogP contribution in [0.4, 0.5) is 0 Å². The molecule has 0 radical (unpaired) electrons. The van der Waals surface area contributed by atoms with Crippen LogP contribution < -0.4 is 0 Å². The van der Waals surface area contributed by atoms with Crippen molar-refractivity contribution in [1.82, 2.24) is 0 Å². The Morgan fingerprint density at radius 2 is 1.36 bits per heavy atom. The van der Waals surface area contributed by atoms with E-state index in [0.717, 1.165) is 19.3 Å². The summed E-state index contributed by atoms with van der Waals surface area (Å²) in [7, 11) is 0. The van der Waals surface area contributed by atoms with Crippen LogP contribution in [0.15, 0.2) is 0 Å². The van der Waals surface area contributed by atoms with Crippen molar-refractivity contribution in [2.24, 2.45) is 11.3 Å². The fourth-order valence-corrected chi connectivity index (χ4v) is 3.72. The molecule has 2 unspecified atom stereocenters. The number of rotatable bonds is 9. The van der Waals surface area contributed by atoms with Crippen LogP contribution in [0.25, 0.3) is 0 Å². The monoisotopic (exact) mass is 314 g/mol. The summed E-state index contributed by atoms with van der Waals surface area (Å²) in [6.45, 7) is 9.33. The second-order valence-electron chi connectivity index (χ2n) is 8.12. The standard InChI is InChI=1S/C11H24O.C9H18O/c1-2-3-4-5-6-7-8-9-10-11-12;1-7-4-8(10)6-9(2,3)5-7/h12H,2-11H2,1H3;7-8,10H,4-6H2,1-3H3. The van der Waals surface area contributed by atoms with Gasteiger partial charge in [0.25, 0.3) is 0 Å². The first kappa shape index (κ1) is 21.9. The molecule has 0 heterocycles. The van der Waals surface area contributed by atoms with Crippen molar-refractivity contribution in [3.05, 3.63) is 0 Å². The SMILES string of the molecule is CC1CC(O)CC(C)(C)C1.CCCCCCCCCCCO. The van der Waals surface area contributed by atoms with E-state index < -0.39 is 0 Å². The summed E-state index contributed by atoms with van der Waals surface area (Å²) < 4.78 is 0. The van der Waals surface area contributed by atoms with Gasteiger partial charge in [-0.05, 0) is 37.0 Å². The lowest BCUT2D eigenvalue weighted by atomic mass is 9.72. The molecule has 1 rings (SSSR count). The summed E-state index contributed by atoms with van der Waals surface area (Å²) in [5, 5.41) is 18.0. The van der Waals surface area contributed by atoms with Gasteiger partial charge in [0.2, 0.25) is 0 Å². The van der Waals surface area contributed by atoms with Crippen molar-refractivity contribution in [1.29, 1.82) is 0 Å². The van der Waals surface area contributed by atoms with E-state index in [1.54, 1.807) is 0 Å². The highest BCUT2D eigenvalue weighted by atomic mass is 16.3. The first-order valence-corrected chi connectivity index (χ1v) is 9.70. The second kappa shape index (κ2) is 13.4. The highest BCUT2D eigenvalue weighted by Gasteiger charge is 2.30. The molecule has 0 aromatic carbocycles.